The number of ether oxygens (including phenoxy) is 2. The maximum Gasteiger partial charge on any atom is 0.207 e. The van der Waals surface area contributed by atoms with Gasteiger partial charge in [0.2, 0.25) is 6.41 Å². The maximum atomic E-state index is 10.4. The lowest BCUT2D eigenvalue weighted by Crippen LogP contribution is -2.55. The SMILES string of the molecule is CN[C@@H]1CC2(CC[C@@H]1NC=O)OCCO2. The highest BCUT2D eigenvalue weighted by atomic mass is 16.7. The molecule has 2 aliphatic rings. The first kappa shape index (κ1) is 10.9. The summed E-state index contributed by atoms with van der Waals surface area (Å²) < 4.78 is 11.3. The topological polar surface area (TPSA) is 59.6 Å². The lowest BCUT2D eigenvalue weighted by molar-refractivity contribution is -0.184. The molecule has 1 spiro atoms. The molecule has 2 rings (SSSR count). The number of nitrogens with one attached hydrogen (secondary N) is 2. The van der Waals surface area contributed by atoms with Gasteiger partial charge >= 0.3 is 0 Å². The third-order valence-electron chi connectivity index (χ3n) is 3.32. The second-order valence-corrected chi connectivity index (χ2v) is 4.14. The number of hydrogen-bond acceptors (Lipinski definition) is 4. The van der Waals surface area contributed by atoms with Crippen LogP contribution in [0.5, 0.6) is 0 Å². The summed E-state index contributed by atoms with van der Waals surface area (Å²) in [6.45, 7) is 1.37. The van der Waals surface area contributed by atoms with Crippen molar-refractivity contribution >= 4 is 6.41 Å². The van der Waals surface area contributed by atoms with Gasteiger partial charge < -0.3 is 20.1 Å². The van der Waals surface area contributed by atoms with Crippen molar-refractivity contribution in [1.82, 2.24) is 10.6 Å². The minimum absolute atomic E-state index is 0.186. The van der Waals surface area contributed by atoms with Gasteiger partial charge in [0.1, 0.15) is 0 Å². The Hall–Kier alpha value is -0.650. The van der Waals surface area contributed by atoms with E-state index in [-0.39, 0.29) is 12.1 Å². The molecule has 1 saturated carbocycles. The highest BCUT2D eigenvalue weighted by Crippen LogP contribution is 2.35. The van der Waals surface area contributed by atoms with Crippen LogP contribution < -0.4 is 10.6 Å². The normalized spacial score (nSPS) is 34.2. The molecular weight excluding hydrogens is 196 g/mol. The molecule has 0 aromatic carbocycles. The summed E-state index contributed by atoms with van der Waals surface area (Å²) in [6, 6.07) is 0.410. The molecule has 2 fully saturated rings. The van der Waals surface area contributed by atoms with Crippen LogP contribution in [-0.4, -0.2) is 44.5 Å². The van der Waals surface area contributed by atoms with Gasteiger partial charge in [-0.2, -0.15) is 0 Å². The standard InChI is InChI=1S/C10H18N2O3/c1-11-9-6-10(14-4-5-15-10)3-2-8(9)12-7-13/h7-9,11H,2-6H2,1H3,(H,12,13)/t8-,9+/m0/s1. The summed E-state index contributed by atoms with van der Waals surface area (Å²) in [4.78, 5) is 10.4. The van der Waals surface area contributed by atoms with Crippen LogP contribution >= 0.6 is 0 Å². The summed E-state index contributed by atoms with van der Waals surface area (Å²) in [7, 11) is 1.90. The van der Waals surface area contributed by atoms with Crippen molar-refractivity contribution in [3.05, 3.63) is 0 Å². The van der Waals surface area contributed by atoms with Crippen LogP contribution in [0, 0.1) is 0 Å². The zero-order valence-electron chi connectivity index (χ0n) is 8.99. The molecule has 1 aliphatic heterocycles. The molecular formula is C10H18N2O3. The molecule has 2 atom stereocenters. The predicted octanol–water partition coefficient (Wildman–Crippen LogP) is -0.384. The monoisotopic (exact) mass is 214 g/mol. The molecule has 0 bridgehead atoms. The molecule has 0 aromatic rings. The van der Waals surface area contributed by atoms with Crippen molar-refractivity contribution in [2.45, 2.75) is 37.1 Å². The molecule has 0 unspecified atom stereocenters. The molecule has 1 amide bonds. The Bertz CT molecular complexity index is 229. The van der Waals surface area contributed by atoms with Gasteiger partial charge in [-0.05, 0) is 13.5 Å². The first-order valence-electron chi connectivity index (χ1n) is 5.44. The molecule has 15 heavy (non-hydrogen) atoms. The van der Waals surface area contributed by atoms with Gasteiger partial charge in [-0.15, -0.1) is 0 Å². The third-order valence-corrected chi connectivity index (χ3v) is 3.32. The Morgan fingerprint density at radius 3 is 2.67 bits per heavy atom. The third kappa shape index (κ3) is 2.14. The molecule has 86 valence electrons. The minimum Gasteiger partial charge on any atom is -0.354 e. The van der Waals surface area contributed by atoms with E-state index in [4.69, 9.17) is 9.47 Å². The zero-order valence-corrected chi connectivity index (χ0v) is 8.99. The second-order valence-electron chi connectivity index (χ2n) is 4.14. The van der Waals surface area contributed by atoms with Crippen LogP contribution in [0.4, 0.5) is 0 Å². The van der Waals surface area contributed by atoms with Crippen molar-refractivity contribution in [2.24, 2.45) is 0 Å². The van der Waals surface area contributed by atoms with Gasteiger partial charge in [0.15, 0.2) is 5.79 Å². The second kappa shape index (κ2) is 4.47. The van der Waals surface area contributed by atoms with E-state index in [1.807, 2.05) is 7.05 Å². The quantitative estimate of drug-likeness (QED) is 0.629. The lowest BCUT2D eigenvalue weighted by Gasteiger charge is -2.40. The highest BCUT2D eigenvalue weighted by molar-refractivity contribution is 5.47. The number of rotatable bonds is 3. The number of carbonyl (C=O) groups is 1. The fraction of sp³-hybridized carbons (Fsp3) is 0.900. The summed E-state index contributed by atoms with van der Waals surface area (Å²) in [5.74, 6) is -0.394. The molecule has 0 radical (unpaired) electrons. The summed E-state index contributed by atoms with van der Waals surface area (Å²) in [5, 5.41) is 6.05. The summed E-state index contributed by atoms with van der Waals surface area (Å²) in [6.07, 6.45) is 3.32. The molecule has 2 N–H and O–H groups in total. The first-order valence-corrected chi connectivity index (χ1v) is 5.44. The van der Waals surface area contributed by atoms with Gasteiger partial charge in [-0.3, -0.25) is 4.79 Å². The van der Waals surface area contributed by atoms with E-state index < -0.39 is 5.79 Å². The van der Waals surface area contributed by atoms with Crippen LogP contribution in [0.3, 0.4) is 0 Å². The van der Waals surface area contributed by atoms with Crippen LogP contribution in [0.25, 0.3) is 0 Å². The van der Waals surface area contributed by atoms with E-state index in [1.165, 1.54) is 0 Å². The Morgan fingerprint density at radius 2 is 2.07 bits per heavy atom. The van der Waals surface area contributed by atoms with Crippen LogP contribution in [-0.2, 0) is 14.3 Å². The van der Waals surface area contributed by atoms with Gasteiger partial charge in [-0.1, -0.05) is 0 Å². The predicted molar refractivity (Wildman–Crippen MR) is 54.3 cm³/mol. The smallest absolute Gasteiger partial charge is 0.207 e. The highest BCUT2D eigenvalue weighted by Gasteiger charge is 2.44. The maximum absolute atomic E-state index is 10.4. The van der Waals surface area contributed by atoms with Crippen molar-refractivity contribution < 1.29 is 14.3 Å². The van der Waals surface area contributed by atoms with Gasteiger partial charge in [0.05, 0.1) is 13.2 Å². The molecule has 0 aromatic heterocycles. The average Bonchev–Trinajstić information content (AvgIpc) is 2.70. The van der Waals surface area contributed by atoms with Gasteiger partial charge in [0.25, 0.3) is 0 Å². The van der Waals surface area contributed by atoms with E-state index >= 15 is 0 Å². The van der Waals surface area contributed by atoms with Crippen LogP contribution in [0.15, 0.2) is 0 Å². The molecule has 5 nitrogen and oxygen atoms in total. The van der Waals surface area contributed by atoms with Crippen molar-refractivity contribution in [3.8, 4) is 0 Å². The number of amides is 1. The van der Waals surface area contributed by atoms with Crippen molar-refractivity contribution in [1.29, 1.82) is 0 Å². The Morgan fingerprint density at radius 1 is 1.33 bits per heavy atom. The molecule has 5 heteroatoms. The lowest BCUT2D eigenvalue weighted by atomic mass is 9.86. The average molecular weight is 214 g/mol. The number of carbonyl (C=O) groups excluding carboxylic acids is 1. The first-order chi connectivity index (χ1) is 7.29. The molecule has 1 heterocycles. The Balaban J connectivity index is 1.98. The molecule has 1 saturated heterocycles. The zero-order chi connectivity index (χ0) is 10.7. The minimum atomic E-state index is -0.394. The fourth-order valence-electron chi connectivity index (χ4n) is 2.51. The Labute approximate surface area is 89.5 Å². The van der Waals surface area contributed by atoms with Crippen molar-refractivity contribution in [2.75, 3.05) is 20.3 Å². The van der Waals surface area contributed by atoms with E-state index in [9.17, 15) is 4.79 Å². The van der Waals surface area contributed by atoms with Crippen LogP contribution in [0.1, 0.15) is 19.3 Å². The van der Waals surface area contributed by atoms with Crippen molar-refractivity contribution in [3.63, 3.8) is 0 Å². The van der Waals surface area contributed by atoms with E-state index in [2.05, 4.69) is 10.6 Å². The van der Waals surface area contributed by atoms with Gasteiger partial charge in [-0.25, -0.2) is 0 Å². The van der Waals surface area contributed by atoms with E-state index in [0.29, 0.717) is 13.2 Å². The summed E-state index contributed by atoms with van der Waals surface area (Å²) in [5.41, 5.74) is 0. The molecule has 1 aliphatic carbocycles. The van der Waals surface area contributed by atoms with Gasteiger partial charge in [0, 0.05) is 24.9 Å². The van der Waals surface area contributed by atoms with Crippen LogP contribution in [0.2, 0.25) is 0 Å². The largest absolute Gasteiger partial charge is 0.354 e. The number of hydrogen-bond donors (Lipinski definition) is 2. The summed E-state index contributed by atoms with van der Waals surface area (Å²) >= 11 is 0. The number of likely N-dealkylation sites (N-methyl/N-ethyl adjacent to an activating group) is 1. The Kier molecular flexibility index (Phi) is 3.23. The van der Waals surface area contributed by atoms with E-state index in [0.717, 1.165) is 25.7 Å². The van der Waals surface area contributed by atoms with E-state index in [1.54, 1.807) is 0 Å². The fourth-order valence-corrected chi connectivity index (χ4v) is 2.51.